The van der Waals surface area contributed by atoms with Gasteiger partial charge in [-0.15, -0.1) is 0 Å². The highest BCUT2D eigenvalue weighted by molar-refractivity contribution is 5.76. The molecule has 0 saturated heterocycles. The molecular formula is C63H119NO5. The zero-order chi connectivity index (χ0) is 50.0. The summed E-state index contributed by atoms with van der Waals surface area (Å²) in [4.78, 5) is 24.5. The number of aliphatic hydroxyl groups excluding tert-OH is 2. The number of nitrogens with one attached hydrogen (secondary N) is 1. The van der Waals surface area contributed by atoms with E-state index in [0.29, 0.717) is 25.9 Å². The molecule has 0 aliphatic rings. The molecule has 2 atom stereocenters. The summed E-state index contributed by atoms with van der Waals surface area (Å²) in [5.74, 6) is -0.0457. The molecule has 0 rings (SSSR count). The third-order valence-corrected chi connectivity index (χ3v) is 14.1. The van der Waals surface area contributed by atoms with Crippen LogP contribution in [0, 0.1) is 0 Å². The Kier molecular flexibility index (Phi) is 57.0. The molecule has 0 heterocycles. The van der Waals surface area contributed by atoms with E-state index in [1.54, 1.807) is 0 Å². The summed E-state index contributed by atoms with van der Waals surface area (Å²) in [7, 11) is 0. The number of esters is 1. The lowest BCUT2D eigenvalue weighted by Gasteiger charge is -2.22. The largest absolute Gasteiger partial charge is 0.466 e. The molecule has 0 aliphatic carbocycles. The molecule has 0 aromatic rings. The van der Waals surface area contributed by atoms with E-state index in [1.807, 2.05) is 0 Å². The van der Waals surface area contributed by atoms with E-state index in [1.165, 1.54) is 244 Å². The third-order valence-electron chi connectivity index (χ3n) is 14.1. The predicted octanol–water partition coefficient (Wildman–Crippen LogP) is 19.2. The number of hydrogen-bond donors (Lipinski definition) is 3. The normalized spacial score (nSPS) is 12.8. The number of carbonyl (C=O) groups is 2. The van der Waals surface area contributed by atoms with Crippen molar-refractivity contribution in [2.24, 2.45) is 0 Å². The Balaban J connectivity index is 3.43. The number of aliphatic hydroxyl groups is 2. The van der Waals surface area contributed by atoms with Gasteiger partial charge < -0.3 is 20.3 Å². The average molecular weight is 971 g/mol. The van der Waals surface area contributed by atoms with Crippen LogP contribution >= 0.6 is 0 Å². The zero-order valence-electron chi connectivity index (χ0n) is 46.3. The predicted molar refractivity (Wildman–Crippen MR) is 301 cm³/mol. The minimum atomic E-state index is -0.669. The van der Waals surface area contributed by atoms with Crippen LogP contribution in [0.3, 0.4) is 0 Å². The van der Waals surface area contributed by atoms with Crippen LogP contribution in [0.15, 0.2) is 36.5 Å². The van der Waals surface area contributed by atoms with Crippen molar-refractivity contribution in [3.8, 4) is 0 Å². The molecular weight excluding hydrogens is 851 g/mol. The fourth-order valence-electron chi connectivity index (χ4n) is 9.44. The topological polar surface area (TPSA) is 95.9 Å². The molecule has 406 valence electrons. The minimum Gasteiger partial charge on any atom is -0.466 e. The highest BCUT2D eigenvalue weighted by atomic mass is 16.5. The van der Waals surface area contributed by atoms with Gasteiger partial charge in [-0.3, -0.25) is 9.59 Å². The van der Waals surface area contributed by atoms with Crippen LogP contribution in [0.25, 0.3) is 0 Å². The monoisotopic (exact) mass is 970 g/mol. The maximum Gasteiger partial charge on any atom is 0.305 e. The first kappa shape index (κ1) is 67.1. The standard InChI is InChI=1S/C63H119NO5/c1-3-5-7-9-11-13-15-17-18-25-28-32-35-39-43-47-51-55-61(66)60(59-65)64-62(67)56-52-48-44-40-36-33-29-26-23-21-19-20-22-24-27-30-34-38-42-46-50-54-58-69-63(68)57-53-49-45-41-37-31-16-14-12-10-8-6-4-2/h8,10,14,16,21,23,60-61,65-66H,3-7,9,11-13,15,17-20,22,24-59H2,1-2H3,(H,64,67)/b10-8-,16-14-,23-21-. The molecule has 1 amide bonds. The van der Waals surface area contributed by atoms with E-state index in [9.17, 15) is 19.8 Å². The Labute approximate surface area is 430 Å². The van der Waals surface area contributed by atoms with Crippen LogP contribution in [0.2, 0.25) is 0 Å². The van der Waals surface area contributed by atoms with Crippen LogP contribution in [0.1, 0.15) is 328 Å². The van der Waals surface area contributed by atoms with Crippen LogP contribution in [-0.2, 0) is 14.3 Å². The van der Waals surface area contributed by atoms with Gasteiger partial charge >= 0.3 is 5.97 Å². The van der Waals surface area contributed by atoms with Gasteiger partial charge in [-0.1, -0.05) is 275 Å². The number of hydrogen-bond acceptors (Lipinski definition) is 5. The van der Waals surface area contributed by atoms with Crippen molar-refractivity contribution in [2.75, 3.05) is 13.2 Å². The molecule has 2 unspecified atom stereocenters. The lowest BCUT2D eigenvalue weighted by molar-refractivity contribution is -0.143. The molecule has 0 fully saturated rings. The quantitative estimate of drug-likeness (QED) is 0.0321. The van der Waals surface area contributed by atoms with Crippen LogP contribution in [0.4, 0.5) is 0 Å². The molecule has 0 aliphatic heterocycles. The Morgan fingerprint density at radius 1 is 0.406 bits per heavy atom. The number of amides is 1. The minimum absolute atomic E-state index is 0.00536. The van der Waals surface area contributed by atoms with Gasteiger partial charge in [0.25, 0.3) is 0 Å². The molecule has 0 aromatic heterocycles. The number of carbonyl (C=O) groups excluding carboxylic acids is 2. The summed E-state index contributed by atoms with van der Waals surface area (Å²) in [5.41, 5.74) is 0. The van der Waals surface area contributed by atoms with E-state index in [-0.39, 0.29) is 18.5 Å². The third kappa shape index (κ3) is 55.2. The zero-order valence-corrected chi connectivity index (χ0v) is 46.3. The van der Waals surface area contributed by atoms with Gasteiger partial charge in [-0.2, -0.15) is 0 Å². The van der Waals surface area contributed by atoms with Gasteiger partial charge in [-0.25, -0.2) is 0 Å². The first-order chi connectivity index (χ1) is 34.0. The summed E-state index contributed by atoms with van der Waals surface area (Å²) < 4.78 is 5.46. The van der Waals surface area contributed by atoms with Crippen molar-refractivity contribution in [1.82, 2.24) is 5.32 Å². The second kappa shape index (κ2) is 58.6. The first-order valence-electron chi connectivity index (χ1n) is 30.7. The maximum absolute atomic E-state index is 12.5. The van der Waals surface area contributed by atoms with E-state index < -0.39 is 12.1 Å². The number of ether oxygens (including phenoxy) is 1. The Morgan fingerprint density at radius 2 is 0.754 bits per heavy atom. The lowest BCUT2D eigenvalue weighted by atomic mass is 10.0. The summed E-state index contributed by atoms with van der Waals surface area (Å²) in [6.07, 6.45) is 72.9. The lowest BCUT2D eigenvalue weighted by Crippen LogP contribution is -2.45. The van der Waals surface area contributed by atoms with E-state index in [0.717, 1.165) is 51.4 Å². The summed E-state index contributed by atoms with van der Waals surface area (Å²) in [6, 6.07) is -0.547. The SMILES string of the molecule is CCC/C=C\C/C=C\CCCCCCCC(=O)OCCCCCCCCCCCCC/C=C\CCCCCCCCCC(=O)NC(CO)C(O)CCCCCCCCCCCCCCCCCCC. The van der Waals surface area contributed by atoms with E-state index in [2.05, 4.69) is 55.6 Å². The van der Waals surface area contributed by atoms with Gasteiger partial charge in [-0.05, 0) is 77.0 Å². The van der Waals surface area contributed by atoms with Gasteiger partial charge in [0.2, 0.25) is 5.91 Å². The Morgan fingerprint density at radius 3 is 1.17 bits per heavy atom. The molecule has 0 aromatic carbocycles. The molecule has 0 bridgehead atoms. The highest BCUT2D eigenvalue weighted by Gasteiger charge is 2.20. The van der Waals surface area contributed by atoms with E-state index >= 15 is 0 Å². The summed E-state index contributed by atoms with van der Waals surface area (Å²) in [6.45, 7) is 4.89. The molecule has 69 heavy (non-hydrogen) atoms. The first-order valence-corrected chi connectivity index (χ1v) is 30.7. The summed E-state index contributed by atoms with van der Waals surface area (Å²) in [5, 5.41) is 23.3. The van der Waals surface area contributed by atoms with Crippen molar-refractivity contribution >= 4 is 11.9 Å². The number of unbranched alkanes of at least 4 members (excludes halogenated alkanes) is 40. The van der Waals surface area contributed by atoms with Gasteiger partial charge in [0.05, 0.1) is 25.4 Å². The van der Waals surface area contributed by atoms with Crippen LogP contribution < -0.4 is 5.32 Å². The maximum atomic E-state index is 12.5. The van der Waals surface area contributed by atoms with Crippen molar-refractivity contribution in [3.05, 3.63) is 36.5 Å². The fraction of sp³-hybridized carbons (Fsp3) is 0.873. The average Bonchev–Trinajstić information content (AvgIpc) is 3.35. The van der Waals surface area contributed by atoms with Gasteiger partial charge in [0.1, 0.15) is 0 Å². The van der Waals surface area contributed by atoms with Gasteiger partial charge in [0, 0.05) is 12.8 Å². The molecule has 0 radical (unpaired) electrons. The van der Waals surface area contributed by atoms with Crippen molar-refractivity contribution in [2.45, 2.75) is 341 Å². The van der Waals surface area contributed by atoms with Crippen molar-refractivity contribution < 1.29 is 24.5 Å². The molecule has 6 nitrogen and oxygen atoms in total. The van der Waals surface area contributed by atoms with Crippen molar-refractivity contribution in [3.63, 3.8) is 0 Å². The molecule has 6 heteroatoms. The second-order valence-corrected chi connectivity index (χ2v) is 21.0. The number of rotatable bonds is 57. The smallest absolute Gasteiger partial charge is 0.305 e. The molecule has 3 N–H and O–H groups in total. The second-order valence-electron chi connectivity index (χ2n) is 21.0. The Bertz CT molecular complexity index is 1120. The number of allylic oxidation sites excluding steroid dienone is 6. The molecule has 0 saturated carbocycles. The Hall–Kier alpha value is -1.92. The fourth-order valence-corrected chi connectivity index (χ4v) is 9.44. The molecule has 0 spiro atoms. The van der Waals surface area contributed by atoms with Crippen molar-refractivity contribution in [1.29, 1.82) is 0 Å². The van der Waals surface area contributed by atoms with Gasteiger partial charge in [0.15, 0.2) is 0 Å². The highest BCUT2D eigenvalue weighted by Crippen LogP contribution is 2.17. The van der Waals surface area contributed by atoms with Crippen LogP contribution in [-0.4, -0.2) is 47.4 Å². The van der Waals surface area contributed by atoms with E-state index in [4.69, 9.17) is 4.74 Å². The van der Waals surface area contributed by atoms with Crippen LogP contribution in [0.5, 0.6) is 0 Å². The summed E-state index contributed by atoms with van der Waals surface area (Å²) >= 11 is 0.